The molecule has 0 aromatic rings. The Kier molecular flexibility index (Phi) is 12.4. The quantitative estimate of drug-likeness (QED) is 0.240. The van der Waals surface area contributed by atoms with Crippen molar-refractivity contribution in [1.29, 1.82) is 0 Å². The van der Waals surface area contributed by atoms with Gasteiger partial charge in [0.2, 0.25) is 7.42 Å². The highest BCUT2D eigenvalue weighted by Gasteiger charge is 2.21. The summed E-state index contributed by atoms with van der Waals surface area (Å²) in [5, 5.41) is 0. The van der Waals surface area contributed by atoms with Crippen LogP contribution in [0.1, 0.15) is 78.6 Å². The van der Waals surface area contributed by atoms with Crippen LogP contribution in [0.3, 0.4) is 0 Å². The third kappa shape index (κ3) is 10.4. The van der Waals surface area contributed by atoms with Crippen molar-refractivity contribution in [2.45, 2.75) is 84.1 Å². The summed E-state index contributed by atoms with van der Waals surface area (Å²) < 4.78 is 0. The molecule has 3 heteroatoms. The van der Waals surface area contributed by atoms with Crippen LogP contribution in [-0.2, 0) is 0 Å². The summed E-state index contributed by atoms with van der Waals surface area (Å²) in [5.41, 5.74) is 0.610. The van der Waals surface area contributed by atoms with Gasteiger partial charge in [0.15, 0.2) is 0 Å². The van der Waals surface area contributed by atoms with Gasteiger partial charge in [-0.05, 0) is 11.5 Å². The van der Waals surface area contributed by atoms with Gasteiger partial charge in [0.25, 0.3) is 0 Å². The van der Waals surface area contributed by atoms with Crippen molar-refractivity contribution in [3.63, 3.8) is 0 Å². The van der Waals surface area contributed by atoms with E-state index in [1.165, 1.54) is 57.8 Å². The van der Waals surface area contributed by atoms with E-state index in [9.17, 15) is 0 Å². The van der Waals surface area contributed by atoms with E-state index in [0.29, 0.717) is 11.5 Å². The molecular weight excluding hydrogens is 267 g/mol. The van der Waals surface area contributed by atoms with Crippen molar-refractivity contribution in [2.75, 3.05) is 0 Å². The Morgan fingerprint density at radius 1 is 0.824 bits per heavy atom. The standard InChI is InChI=1S/C14H30Cl2Si/c1-4-5-6-7-8-9-10-11-12-14(13(2)3)17(15)16/h13-14,17H,4-12H2,1-3H3. The maximum atomic E-state index is 6.14. The molecule has 0 saturated carbocycles. The summed E-state index contributed by atoms with van der Waals surface area (Å²) in [7, 11) is -1.47. The van der Waals surface area contributed by atoms with Gasteiger partial charge in [-0.15, -0.1) is 0 Å². The molecule has 0 saturated heterocycles. The third-order valence-electron chi connectivity index (χ3n) is 3.57. The zero-order chi connectivity index (χ0) is 13.1. The van der Waals surface area contributed by atoms with Gasteiger partial charge in [0, 0.05) is 0 Å². The molecule has 0 aromatic carbocycles. The van der Waals surface area contributed by atoms with E-state index in [1.807, 2.05) is 0 Å². The smallest absolute Gasteiger partial charge is 0.150 e. The molecule has 0 aliphatic heterocycles. The lowest BCUT2D eigenvalue weighted by Crippen LogP contribution is -2.13. The van der Waals surface area contributed by atoms with Crippen LogP contribution >= 0.6 is 22.2 Å². The molecule has 104 valence electrons. The van der Waals surface area contributed by atoms with Crippen LogP contribution in [0.2, 0.25) is 5.54 Å². The molecule has 0 aromatic heterocycles. The summed E-state index contributed by atoms with van der Waals surface area (Å²) in [5.74, 6) is 0.659. The van der Waals surface area contributed by atoms with E-state index in [4.69, 9.17) is 22.2 Å². The lowest BCUT2D eigenvalue weighted by molar-refractivity contribution is 0.504. The van der Waals surface area contributed by atoms with Crippen LogP contribution in [0.5, 0.6) is 0 Å². The lowest BCUT2D eigenvalue weighted by Gasteiger charge is -2.20. The molecule has 1 unspecified atom stereocenters. The second kappa shape index (κ2) is 11.9. The minimum absolute atomic E-state index is 0.610. The van der Waals surface area contributed by atoms with Crippen LogP contribution in [0.25, 0.3) is 0 Å². The molecule has 17 heavy (non-hydrogen) atoms. The number of hydrogen-bond donors (Lipinski definition) is 0. The molecule has 0 amide bonds. The predicted molar refractivity (Wildman–Crippen MR) is 84.7 cm³/mol. The largest absolute Gasteiger partial charge is 0.240 e. The molecule has 0 nitrogen and oxygen atoms in total. The van der Waals surface area contributed by atoms with Crippen LogP contribution in [0.4, 0.5) is 0 Å². The summed E-state index contributed by atoms with van der Waals surface area (Å²) in [6.07, 6.45) is 12.3. The molecule has 0 N–H and O–H groups in total. The Morgan fingerprint density at radius 2 is 1.29 bits per heavy atom. The molecule has 0 spiro atoms. The van der Waals surface area contributed by atoms with Gasteiger partial charge in [-0.1, -0.05) is 78.6 Å². The number of hydrogen-bond acceptors (Lipinski definition) is 0. The van der Waals surface area contributed by atoms with E-state index < -0.39 is 7.42 Å². The monoisotopic (exact) mass is 296 g/mol. The van der Waals surface area contributed by atoms with Crippen molar-refractivity contribution in [3.05, 3.63) is 0 Å². The van der Waals surface area contributed by atoms with Crippen molar-refractivity contribution < 1.29 is 0 Å². The summed E-state index contributed by atoms with van der Waals surface area (Å²) in [6.45, 7) is 6.77. The normalized spacial score (nSPS) is 13.6. The van der Waals surface area contributed by atoms with Crippen molar-refractivity contribution in [2.24, 2.45) is 5.92 Å². The topological polar surface area (TPSA) is 0 Å². The zero-order valence-electron chi connectivity index (χ0n) is 11.9. The average molecular weight is 297 g/mol. The second-order valence-electron chi connectivity index (χ2n) is 5.51. The van der Waals surface area contributed by atoms with Crippen molar-refractivity contribution >= 4 is 29.6 Å². The molecule has 0 aliphatic carbocycles. The van der Waals surface area contributed by atoms with Crippen LogP contribution in [0.15, 0.2) is 0 Å². The van der Waals surface area contributed by atoms with Gasteiger partial charge in [-0.2, -0.15) is 22.2 Å². The Balaban J connectivity index is 3.37. The highest BCUT2D eigenvalue weighted by atomic mass is 35.7. The van der Waals surface area contributed by atoms with Crippen LogP contribution in [0, 0.1) is 5.92 Å². The van der Waals surface area contributed by atoms with E-state index in [0.717, 1.165) is 0 Å². The van der Waals surface area contributed by atoms with Crippen LogP contribution < -0.4 is 0 Å². The third-order valence-corrected chi connectivity index (χ3v) is 7.26. The van der Waals surface area contributed by atoms with Gasteiger partial charge in [-0.3, -0.25) is 0 Å². The summed E-state index contributed by atoms with van der Waals surface area (Å²) >= 11 is 12.3. The Bertz CT molecular complexity index is 152. The predicted octanol–water partition coefficient (Wildman–Crippen LogP) is 6.24. The van der Waals surface area contributed by atoms with Gasteiger partial charge in [0.1, 0.15) is 0 Å². The SMILES string of the molecule is CCCCCCCCCCC(C(C)C)[SiH](Cl)Cl. The molecule has 0 heterocycles. The highest BCUT2D eigenvalue weighted by molar-refractivity contribution is 7.34. The second-order valence-corrected chi connectivity index (χ2v) is 10.5. The maximum absolute atomic E-state index is 6.14. The molecule has 0 bridgehead atoms. The summed E-state index contributed by atoms with van der Waals surface area (Å²) in [4.78, 5) is 0. The average Bonchev–Trinajstić information content (AvgIpc) is 2.26. The van der Waals surface area contributed by atoms with E-state index >= 15 is 0 Å². The van der Waals surface area contributed by atoms with E-state index in [-0.39, 0.29) is 0 Å². The first kappa shape index (κ1) is 17.8. The first-order chi connectivity index (χ1) is 8.09. The van der Waals surface area contributed by atoms with Gasteiger partial charge < -0.3 is 0 Å². The van der Waals surface area contributed by atoms with Crippen LogP contribution in [-0.4, -0.2) is 7.42 Å². The minimum atomic E-state index is -1.47. The molecule has 0 aliphatic rings. The lowest BCUT2D eigenvalue weighted by atomic mass is 10.0. The van der Waals surface area contributed by atoms with E-state index in [2.05, 4.69) is 20.8 Å². The molecule has 0 rings (SSSR count). The fourth-order valence-electron chi connectivity index (χ4n) is 2.26. The number of unbranched alkanes of at least 4 members (excludes halogenated alkanes) is 7. The van der Waals surface area contributed by atoms with Gasteiger partial charge >= 0.3 is 0 Å². The number of halogens is 2. The van der Waals surface area contributed by atoms with Gasteiger partial charge in [-0.25, -0.2) is 0 Å². The minimum Gasteiger partial charge on any atom is -0.150 e. The Morgan fingerprint density at radius 3 is 1.71 bits per heavy atom. The fraction of sp³-hybridized carbons (Fsp3) is 1.00. The highest BCUT2D eigenvalue weighted by Crippen LogP contribution is 2.31. The van der Waals surface area contributed by atoms with Crippen molar-refractivity contribution in [1.82, 2.24) is 0 Å². The fourth-order valence-corrected chi connectivity index (χ4v) is 5.84. The Hall–Kier alpha value is 0.797. The maximum Gasteiger partial charge on any atom is 0.240 e. The first-order valence-electron chi connectivity index (χ1n) is 7.37. The zero-order valence-corrected chi connectivity index (χ0v) is 14.5. The van der Waals surface area contributed by atoms with E-state index in [1.54, 1.807) is 0 Å². The summed E-state index contributed by atoms with van der Waals surface area (Å²) in [6, 6.07) is 0. The Labute approximate surface area is 119 Å². The molecule has 0 radical (unpaired) electrons. The molecule has 1 atom stereocenters. The van der Waals surface area contributed by atoms with Gasteiger partial charge in [0.05, 0.1) is 0 Å². The number of rotatable bonds is 11. The molecule has 0 fully saturated rings. The molecular formula is C14H30Cl2Si. The van der Waals surface area contributed by atoms with Crippen molar-refractivity contribution in [3.8, 4) is 0 Å². The first-order valence-corrected chi connectivity index (χ1v) is 11.5.